The second-order valence-corrected chi connectivity index (χ2v) is 7.22. The Balaban J connectivity index is 1.58. The fourth-order valence-electron chi connectivity index (χ4n) is 2.66. The molecule has 1 saturated heterocycles. The first kappa shape index (κ1) is 19.8. The van der Waals surface area contributed by atoms with E-state index in [0.717, 1.165) is 17.3 Å². The zero-order valence-electron chi connectivity index (χ0n) is 15.4. The van der Waals surface area contributed by atoms with Crippen molar-refractivity contribution in [3.05, 3.63) is 53.6 Å². The number of hydrogen-bond donors (Lipinski definition) is 1. The first-order valence-corrected chi connectivity index (χ1v) is 9.36. The van der Waals surface area contributed by atoms with Crippen LogP contribution in [0.1, 0.15) is 15.9 Å². The van der Waals surface area contributed by atoms with Crippen LogP contribution in [0.5, 0.6) is 17.2 Å². The summed E-state index contributed by atoms with van der Waals surface area (Å²) in [6.45, 7) is -0.134. The molecule has 2 aromatic carbocycles. The van der Waals surface area contributed by atoms with Gasteiger partial charge in [-0.2, -0.15) is 0 Å². The molecule has 1 aliphatic heterocycles. The average Bonchev–Trinajstić information content (AvgIpc) is 3.03. The zero-order chi connectivity index (χ0) is 20.1. The average molecular weight is 401 g/mol. The van der Waals surface area contributed by atoms with E-state index in [0.29, 0.717) is 29.2 Å². The minimum atomic E-state index is -0.413. The number of ether oxygens (including phenoxy) is 3. The molecule has 1 unspecified atom stereocenters. The van der Waals surface area contributed by atoms with E-state index in [4.69, 9.17) is 14.2 Å². The highest BCUT2D eigenvalue weighted by Gasteiger charge is 2.31. The summed E-state index contributed by atoms with van der Waals surface area (Å²) in [5.74, 6) is 1.11. The number of imide groups is 1. The highest BCUT2D eigenvalue weighted by atomic mass is 32.2. The first-order chi connectivity index (χ1) is 13.5. The maximum atomic E-state index is 12.4. The van der Waals surface area contributed by atoms with Gasteiger partial charge in [-0.3, -0.25) is 19.7 Å². The van der Waals surface area contributed by atoms with Crippen molar-refractivity contribution in [2.24, 2.45) is 0 Å². The number of ketones is 1. The van der Waals surface area contributed by atoms with Crippen molar-refractivity contribution in [2.45, 2.75) is 11.7 Å². The monoisotopic (exact) mass is 401 g/mol. The summed E-state index contributed by atoms with van der Waals surface area (Å²) in [5.41, 5.74) is 1.33. The summed E-state index contributed by atoms with van der Waals surface area (Å²) in [6.07, 6.45) is 0.449. The van der Waals surface area contributed by atoms with Crippen molar-refractivity contribution >= 4 is 28.7 Å². The van der Waals surface area contributed by atoms with E-state index in [1.54, 1.807) is 30.3 Å². The molecule has 0 aliphatic carbocycles. The number of amides is 2. The molecule has 28 heavy (non-hydrogen) atoms. The van der Waals surface area contributed by atoms with Crippen LogP contribution in [0.3, 0.4) is 0 Å². The van der Waals surface area contributed by atoms with Gasteiger partial charge in [0.1, 0.15) is 17.2 Å². The Hall–Kier alpha value is -3.00. The topological polar surface area (TPSA) is 90.9 Å². The number of benzene rings is 2. The summed E-state index contributed by atoms with van der Waals surface area (Å²) in [7, 11) is 3.04. The lowest BCUT2D eigenvalue weighted by Crippen LogP contribution is -2.25. The third-order valence-corrected chi connectivity index (χ3v) is 5.14. The number of carbonyl (C=O) groups excluding carboxylic acids is 3. The van der Waals surface area contributed by atoms with Gasteiger partial charge in [-0.15, -0.1) is 0 Å². The molecule has 1 N–H and O–H groups in total. The first-order valence-electron chi connectivity index (χ1n) is 8.48. The molecule has 0 bridgehead atoms. The second kappa shape index (κ2) is 8.79. The van der Waals surface area contributed by atoms with E-state index in [1.807, 2.05) is 12.1 Å². The Morgan fingerprint density at radius 2 is 1.64 bits per heavy atom. The van der Waals surface area contributed by atoms with E-state index in [-0.39, 0.29) is 23.5 Å². The van der Waals surface area contributed by atoms with Gasteiger partial charge >= 0.3 is 0 Å². The fraction of sp³-hybridized carbons (Fsp3) is 0.250. The molecule has 146 valence electrons. The largest absolute Gasteiger partial charge is 0.497 e. The van der Waals surface area contributed by atoms with Crippen LogP contribution in [0.25, 0.3) is 0 Å². The summed E-state index contributed by atoms with van der Waals surface area (Å²) in [5, 5.41) is 1.54. The predicted octanol–water partition coefficient (Wildman–Crippen LogP) is 2.86. The van der Waals surface area contributed by atoms with E-state index in [9.17, 15) is 14.4 Å². The quantitative estimate of drug-likeness (QED) is 0.680. The Morgan fingerprint density at radius 1 is 1.00 bits per heavy atom. The molecule has 0 saturated carbocycles. The van der Waals surface area contributed by atoms with Gasteiger partial charge in [-0.25, -0.2) is 0 Å². The van der Waals surface area contributed by atoms with Crippen molar-refractivity contribution < 1.29 is 28.6 Å². The van der Waals surface area contributed by atoms with Crippen molar-refractivity contribution in [1.29, 1.82) is 0 Å². The maximum absolute atomic E-state index is 12.4. The molecule has 1 heterocycles. The van der Waals surface area contributed by atoms with Gasteiger partial charge in [0, 0.05) is 11.6 Å². The number of Topliss-reactive ketones (excluding diaryl/α,β-unsaturated/α-hetero) is 1. The molecule has 1 fully saturated rings. The van der Waals surface area contributed by atoms with Gasteiger partial charge < -0.3 is 14.2 Å². The van der Waals surface area contributed by atoms with Crippen LogP contribution in [-0.2, 0) is 11.2 Å². The van der Waals surface area contributed by atoms with Crippen LogP contribution in [0.4, 0.5) is 4.79 Å². The number of carbonyl (C=O) groups is 3. The molecule has 0 spiro atoms. The minimum absolute atomic E-state index is 0.134. The molecule has 7 nitrogen and oxygen atoms in total. The maximum Gasteiger partial charge on any atom is 0.286 e. The van der Waals surface area contributed by atoms with Gasteiger partial charge in [-0.05, 0) is 36.2 Å². The van der Waals surface area contributed by atoms with Crippen molar-refractivity contribution in [2.75, 3.05) is 20.8 Å². The zero-order valence-corrected chi connectivity index (χ0v) is 16.2. The molecule has 0 radical (unpaired) electrons. The standard InChI is InChI=1S/C20H19NO6S/c1-25-15-8-13(9-16(10-15)26-2)17(22)11-27-14-5-3-12(4-6-14)7-18-19(23)21-20(24)28-18/h3-6,8-10,18H,7,11H2,1-2H3,(H,21,23,24). The van der Waals surface area contributed by atoms with Crippen LogP contribution in [-0.4, -0.2) is 43.0 Å². The summed E-state index contributed by atoms with van der Waals surface area (Å²) in [4.78, 5) is 35.2. The SMILES string of the molecule is COc1cc(OC)cc(C(=O)COc2ccc(CC3SC(=O)NC3=O)cc2)c1. The lowest BCUT2D eigenvalue weighted by Gasteiger charge is -2.10. The summed E-state index contributed by atoms with van der Waals surface area (Å²) in [6, 6.07) is 12.0. The molecule has 8 heteroatoms. The van der Waals surface area contributed by atoms with Gasteiger partial charge in [0.15, 0.2) is 12.4 Å². The lowest BCUT2D eigenvalue weighted by atomic mass is 10.1. The van der Waals surface area contributed by atoms with Gasteiger partial charge in [-0.1, -0.05) is 23.9 Å². The van der Waals surface area contributed by atoms with Crippen LogP contribution in [0.2, 0.25) is 0 Å². The van der Waals surface area contributed by atoms with E-state index >= 15 is 0 Å². The number of hydrogen-bond acceptors (Lipinski definition) is 7. The molecule has 1 atom stereocenters. The number of nitrogens with one attached hydrogen (secondary N) is 1. The predicted molar refractivity (Wildman–Crippen MR) is 104 cm³/mol. The van der Waals surface area contributed by atoms with Gasteiger partial charge in [0.2, 0.25) is 5.91 Å². The third kappa shape index (κ3) is 4.83. The molecule has 3 rings (SSSR count). The Kier molecular flexibility index (Phi) is 6.20. The van der Waals surface area contributed by atoms with Crippen molar-refractivity contribution in [1.82, 2.24) is 5.32 Å². The Bertz CT molecular complexity index is 874. The van der Waals surface area contributed by atoms with Crippen LogP contribution >= 0.6 is 11.8 Å². The minimum Gasteiger partial charge on any atom is -0.497 e. The smallest absolute Gasteiger partial charge is 0.286 e. The molecular weight excluding hydrogens is 382 g/mol. The molecule has 0 aromatic heterocycles. The number of rotatable bonds is 8. The van der Waals surface area contributed by atoms with Gasteiger partial charge in [0.25, 0.3) is 5.24 Å². The van der Waals surface area contributed by atoms with Crippen LogP contribution < -0.4 is 19.5 Å². The third-order valence-electron chi connectivity index (χ3n) is 4.15. The summed E-state index contributed by atoms with van der Waals surface area (Å²) >= 11 is 0.994. The van der Waals surface area contributed by atoms with Crippen LogP contribution in [0, 0.1) is 0 Å². The summed E-state index contributed by atoms with van der Waals surface area (Å²) < 4.78 is 15.9. The highest BCUT2D eigenvalue weighted by molar-refractivity contribution is 8.15. The lowest BCUT2D eigenvalue weighted by molar-refractivity contribution is -0.118. The van der Waals surface area contributed by atoms with Gasteiger partial charge in [0.05, 0.1) is 19.5 Å². The van der Waals surface area contributed by atoms with E-state index < -0.39 is 5.25 Å². The Labute approximate surface area is 166 Å². The number of thioether (sulfide) groups is 1. The number of methoxy groups -OCH3 is 2. The molecule has 2 aromatic rings. The van der Waals surface area contributed by atoms with E-state index in [1.165, 1.54) is 14.2 Å². The second-order valence-electron chi connectivity index (χ2n) is 6.04. The Morgan fingerprint density at radius 3 is 2.18 bits per heavy atom. The van der Waals surface area contributed by atoms with Crippen molar-refractivity contribution in [3.8, 4) is 17.2 Å². The molecular formula is C20H19NO6S. The van der Waals surface area contributed by atoms with Crippen molar-refractivity contribution in [3.63, 3.8) is 0 Å². The normalized spacial score (nSPS) is 15.9. The molecule has 1 aliphatic rings. The van der Waals surface area contributed by atoms with E-state index in [2.05, 4.69) is 5.32 Å². The fourth-order valence-corrected chi connectivity index (χ4v) is 3.52. The van der Waals surface area contributed by atoms with Crippen LogP contribution in [0.15, 0.2) is 42.5 Å². The highest BCUT2D eigenvalue weighted by Crippen LogP contribution is 2.25. The molecule has 2 amide bonds.